The Hall–Kier alpha value is -4.87. The standard InChI is InChI=1S/C29H33F3N6O8S/c1-18(2)27(39)45-20(4)46-35-38(41)36-15-5-6-23(36)17-44-28(40)34-47(42,43)24-13-11-22(12-14-24)37-25(16-26(33-37)29(30,31)32)21-9-7-19(3)8-10-21/h7-14,16,18,20,23H,5-6,15,17H2,1-4H3,(H,34,40)/b38-35+/t20?,23-/m0/s1. The van der Waals surface area contributed by atoms with Crippen molar-refractivity contribution in [2.24, 2.45) is 11.2 Å². The van der Waals surface area contributed by atoms with Crippen LogP contribution in [0, 0.1) is 18.0 Å². The summed E-state index contributed by atoms with van der Waals surface area (Å²) in [4.78, 5) is 28.7. The molecule has 4 rings (SSSR count). The van der Waals surface area contributed by atoms with Crippen molar-refractivity contribution in [3.8, 4) is 16.9 Å². The highest BCUT2D eigenvalue weighted by atomic mass is 32.2. The Labute approximate surface area is 268 Å². The molecule has 1 aliphatic heterocycles. The maximum Gasteiger partial charge on any atom is 0.435 e. The maximum absolute atomic E-state index is 13.5. The van der Waals surface area contributed by atoms with E-state index >= 15 is 0 Å². The van der Waals surface area contributed by atoms with Crippen molar-refractivity contribution in [2.45, 2.75) is 63.9 Å². The highest BCUT2D eigenvalue weighted by molar-refractivity contribution is 7.90. The summed E-state index contributed by atoms with van der Waals surface area (Å²) in [5.74, 6) is -0.951. The summed E-state index contributed by atoms with van der Waals surface area (Å²) in [7, 11) is -4.45. The van der Waals surface area contributed by atoms with Gasteiger partial charge in [-0.2, -0.15) is 18.3 Å². The van der Waals surface area contributed by atoms with Crippen molar-refractivity contribution in [1.82, 2.24) is 19.5 Å². The number of hydrazine groups is 1. The van der Waals surface area contributed by atoms with Gasteiger partial charge in [0.05, 0.1) is 33.7 Å². The van der Waals surface area contributed by atoms with Gasteiger partial charge in [0.1, 0.15) is 12.6 Å². The third kappa shape index (κ3) is 8.90. The van der Waals surface area contributed by atoms with Crippen molar-refractivity contribution < 1.29 is 50.5 Å². The molecule has 2 heterocycles. The predicted molar refractivity (Wildman–Crippen MR) is 158 cm³/mol. The van der Waals surface area contributed by atoms with Crippen LogP contribution >= 0.6 is 0 Å². The molecule has 2 atom stereocenters. The lowest BCUT2D eigenvalue weighted by Gasteiger charge is -2.20. The quantitative estimate of drug-likeness (QED) is 0.0945. The van der Waals surface area contributed by atoms with Crippen molar-refractivity contribution in [2.75, 3.05) is 13.2 Å². The van der Waals surface area contributed by atoms with Gasteiger partial charge >= 0.3 is 18.2 Å². The normalized spacial score (nSPS) is 16.2. The number of nitrogens with zero attached hydrogens (tertiary/aromatic N) is 5. The van der Waals surface area contributed by atoms with E-state index in [2.05, 4.69) is 10.4 Å². The van der Waals surface area contributed by atoms with Gasteiger partial charge in [-0.3, -0.25) is 9.63 Å². The lowest BCUT2D eigenvalue weighted by atomic mass is 10.1. The zero-order valence-corrected chi connectivity index (χ0v) is 26.6. The zero-order chi connectivity index (χ0) is 34.5. The molecule has 18 heteroatoms. The fourth-order valence-electron chi connectivity index (χ4n) is 4.47. The van der Waals surface area contributed by atoms with Crippen LogP contribution in [-0.2, 0) is 35.3 Å². The number of hydrogen-bond donors (Lipinski definition) is 1. The Bertz CT molecular complexity index is 1710. The molecule has 1 amide bonds. The molecule has 1 aromatic heterocycles. The Morgan fingerprint density at radius 3 is 2.40 bits per heavy atom. The minimum atomic E-state index is -4.72. The first-order valence-corrected chi connectivity index (χ1v) is 15.9. The summed E-state index contributed by atoms with van der Waals surface area (Å²) in [6.07, 6.45) is -6.20. The molecule has 3 aromatic rings. The first kappa shape index (κ1) is 35.0. The van der Waals surface area contributed by atoms with Crippen LogP contribution < -0.4 is 4.72 Å². The number of carbonyl (C=O) groups is 2. The summed E-state index contributed by atoms with van der Waals surface area (Å²) >= 11 is 0. The highest BCUT2D eigenvalue weighted by Gasteiger charge is 2.36. The van der Waals surface area contributed by atoms with Gasteiger partial charge in [-0.15, -0.1) is 5.01 Å². The van der Waals surface area contributed by atoms with Crippen LogP contribution in [0.5, 0.6) is 0 Å². The minimum Gasteiger partial charge on any atom is -0.569 e. The first-order valence-electron chi connectivity index (χ1n) is 14.4. The van der Waals surface area contributed by atoms with E-state index in [1.54, 1.807) is 42.8 Å². The number of rotatable bonds is 11. The third-order valence-electron chi connectivity index (χ3n) is 6.95. The molecule has 1 aliphatic rings. The number of esters is 1. The van der Waals surface area contributed by atoms with Gasteiger partial charge in [0, 0.05) is 12.5 Å². The van der Waals surface area contributed by atoms with Crippen molar-refractivity contribution in [3.05, 3.63) is 71.1 Å². The SMILES string of the molecule is Cc1ccc(-c2cc(C(F)(F)F)nn2-c2ccc(S(=O)(=O)NC(=O)OC[C@@H]3CCCN3/[N+]([O-])=N\OC(C)OC(=O)C(C)C)cc2)cc1. The monoisotopic (exact) mass is 682 g/mol. The number of sulfonamides is 1. The van der Waals surface area contributed by atoms with Gasteiger partial charge in [-0.25, -0.2) is 22.6 Å². The fraction of sp³-hybridized carbons (Fsp3) is 0.414. The number of amides is 1. The number of alkyl halides is 3. The number of hydrogen-bond acceptors (Lipinski definition) is 10. The second kappa shape index (κ2) is 14.3. The van der Waals surface area contributed by atoms with Gasteiger partial charge in [-0.1, -0.05) is 43.7 Å². The molecule has 254 valence electrons. The third-order valence-corrected chi connectivity index (χ3v) is 8.28. The van der Waals surface area contributed by atoms with Gasteiger partial charge in [0.25, 0.3) is 16.3 Å². The fourth-order valence-corrected chi connectivity index (χ4v) is 5.36. The van der Waals surface area contributed by atoms with E-state index in [9.17, 15) is 36.4 Å². The second-order valence-corrected chi connectivity index (χ2v) is 12.6. The molecule has 0 aliphatic carbocycles. The summed E-state index contributed by atoms with van der Waals surface area (Å²) < 4.78 is 79.1. The van der Waals surface area contributed by atoms with E-state index < -0.39 is 52.2 Å². The number of nitrogens with one attached hydrogen (secondary N) is 1. The second-order valence-electron chi connectivity index (χ2n) is 10.9. The lowest BCUT2D eigenvalue weighted by molar-refractivity contribution is -0.716. The largest absolute Gasteiger partial charge is 0.569 e. The van der Waals surface area contributed by atoms with Crippen LogP contribution in [0.1, 0.15) is 44.9 Å². The average molecular weight is 683 g/mol. The van der Waals surface area contributed by atoms with Crippen LogP contribution in [-0.4, -0.2) is 65.7 Å². The maximum atomic E-state index is 13.5. The van der Waals surface area contributed by atoms with E-state index in [-0.39, 0.29) is 34.4 Å². The molecule has 47 heavy (non-hydrogen) atoms. The molecular weight excluding hydrogens is 649 g/mol. The Morgan fingerprint density at radius 1 is 1.13 bits per heavy atom. The molecule has 2 aromatic carbocycles. The smallest absolute Gasteiger partial charge is 0.435 e. The number of ether oxygens (including phenoxy) is 2. The molecule has 1 saturated heterocycles. The van der Waals surface area contributed by atoms with E-state index in [0.717, 1.165) is 28.4 Å². The van der Waals surface area contributed by atoms with Crippen LogP contribution in [0.25, 0.3) is 16.9 Å². The number of benzene rings is 2. The molecule has 14 nitrogen and oxygen atoms in total. The molecule has 0 saturated carbocycles. The van der Waals surface area contributed by atoms with Crippen molar-refractivity contribution in [1.29, 1.82) is 0 Å². The summed E-state index contributed by atoms with van der Waals surface area (Å²) in [5, 5.41) is 20.7. The molecule has 1 unspecified atom stereocenters. The number of halogens is 3. The van der Waals surface area contributed by atoms with Gasteiger partial charge in [-0.05, 0) is 50.1 Å². The Kier molecular flexibility index (Phi) is 10.6. The van der Waals surface area contributed by atoms with Gasteiger partial charge in [0.15, 0.2) is 5.69 Å². The molecule has 0 radical (unpaired) electrons. The molecule has 1 N–H and O–H groups in total. The molecular formula is C29H33F3N6O8S. The van der Waals surface area contributed by atoms with Crippen LogP contribution in [0.4, 0.5) is 18.0 Å². The van der Waals surface area contributed by atoms with E-state index in [1.165, 1.54) is 24.1 Å². The minimum absolute atomic E-state index is 0.135. The number of aryl methyl sites for hydroxylation is 1. The van der Waals surface area contributed by atoms with Crippen LogP contribution in [0.2, 0.25) is 0 Å². The topological polar surface area (TPSA) is 167 Å². The highest BCUT2D eigenvalue weighted by Crippen LogP contribution is 2.33. The van der Waals surface area contributed by atoms with Crippen LogP contribution in [0.3, 0.4) is 0 Å². The van der Waals surface area contributed by atoms with E-state index in [1.807, 2.05) is 6.92 Å². The Morgan fingerprint density at radius 2 is 1.79 bits per heavy atom. The van der Waals surface area contributed by atoms with Crippen molar-refractivity contribution in [3.63, 3.8) is 0 Å². The summed E-state index contributed by atoms with van der Waals surface area (Å²) in [5.41, 5.74) is 0.516. The Balaban J connectivity index is 1.39. The van der Waals surface area contributed by atoms with Crippen LogP contribution in [0.15, 0.2) is 64.8 Å². The number of aromatic nitrogens is 2. The summed E-state index contributed by atoms with van der Waals surface area (Å²) in [6.45, 7) is 6.34. The summed E-state index contributed by atoms with van der Waals surface area (Å²) in [6, 6.07) is 11.7. The van der Waals surface area contributed by atoms with Gasteiger partial charge < -0.3 is 14.7 Å². The molecule has 1 fully saturated rings. The number of carbonyl (C=O) groups excluding carboxylic acids is 2. The lowest BCUT2D eigenvalue weighted by Crippen LogP contribution is -2.40. The first-order chi connectivity index (χ1) is 22.0. The van der Waals surface area contributed by atoms with E-state index in [4.69, 9.17) is 14.3 Å². The predicted octanol–water partition coefficient (Wildman–Crippen LogP) is 5.10. The average Bonchev–Trinajstić information content (AvgIpc) is 3.67. The molecule has 0 bridgehead atoms. The van der Waals surface area contributed by atoms with Crippen molar-refractivity contribution >= 4 is 22.1 Å². The van der Waals surface area contributed by atoms with E-state index in [0.29, 0.717) is 18.4 Å². The zero-order valence-electron chi connectivity index (χ0n) is 25.8. The van der Waals surface area contributed by atoms with Gasteiger partial charge in [0.2, 0.25) is 5.28 Å². The molecule has 0 spiro atoms.